The number of carbonyl (C=O) groups is 2. The molecule has 7 nitrogen and oxygen atoms in total. The molecule has 27 heavy (non-hydrogen) atoms. The molecule has 7 heteroatoms. The number of cyclic esters (lactones) is 1. The number of hydrogen-bond donors (Lipinski definition) is 1. The Hall–Kier alpha value is -3.53. The number of carbonyl (C=O) groups excluding carboxylic acids is 2. The third-order valence-corrected chi connectivity index (χ3v) is 4.64. The lowest BCUT2D eigenvalue weighted by atomic mass is 10.0. The quantitative estimate of drug-likeness (QED) is 0.843. The fourth-order valence-corrected chi connectivity index (χ4v) is 3.28. The molecular weight excluding hydrogens is 346 g/mol. The van der Waals surface area contributed by atoms with Crippen LogP contribution in [0.3, 0.4) is 0 Å². The van der Waals surface area contributed by atoms with Gasteiger partial charge in [0.1, 0.15) is 30.2 Å². The standard InChI is InChI=1S/C20H17N3O4/c1-3-15-6-4-14(9-22-15)13-5-7-16-18(8-13)26-11-17-19(10-21-12(2)24)27-20(25)23(16)17/h1,4-9,17,19H,10-11H2,2H3,(H,21,24). The molecular formula is C20H17N3O4. The Kier molecular flexibility index (Phi) is 4.16. The fourth-order valence-electron chi connectivity index (χ4n) is 3.28. The van der Waals surface area contributed by atoms with E-state index in [0.29, 0.717) is 23.7 Å². The van der Waals surface area contributed by atoms with Crippen molar-refractivity contribution in [2.45, 2.75) is 19.1 Å². The zero-order valence-corrected chi connectivity index (χ0v) is 14.6. The van der Waals surface area contributed by atoms with Gasteiger partial charge in [0.05, 0.1) is 12.2 Å². The average molecular weight is 363 g/mol. The first-order valence-electron chi connectivity index (χ1n) is 8.51. The molecule has 1 saturated heterocycles. The fraction of sp³-hybridized carbons (Fsp3) is 0.250. The molecule has 0 radical (unpaired) electrons. The Balaban J connectivity index is 1.60. The van der Waals surface area contributed by atoms with Gasteiger partial charge in [0, 0.05) is 18.7 Å². The number of aromatic nitrogens is 1. The van der Waals surface area contributed by atoms with Crippen LogP contribution < -0.4 is 15.0 Å². The van der Waals surface area contributed by atoms with Gasteiger partial charge in [-0.15, -0.1) is 6.42 Å². The Labute approximate surface area is 156 Å². The Bertz CT molecular complexity index is 949. The van der Waals surface area contributed by atoms with Crippen LogP contribution in [0.25, 0.3) is 11.1 Å². The van der Waals surface area contributed by atoms with Crippen LogP contribution in [0.4, 0.5) is 10.5 Å². The molecule has 0 bridgehead atoms. The summed E-state index contributed by atoms with van der Waals surface area (Å²) in [5.41, 5.74) is 3.03. The van der Waals surface area contributed by atoms with Crippen LogP contribution in [0.2, 0.25) is 0 Å². The average Bonchev–Trinajstić information content (AvgIpc) is 3.02. The van der Waals surface area contributed by atoms with Crippen LogP contribution in [0.15, 0.2) is 36.5 Å². The summed E-state index contributed by atoms with van der Waals surface area (Å²) in [6, 6.07) is 8.98. The van der Waals surface area contributed by atoms with Crippen molar-refractivity contribution in [1.29, 1.82) is 0 Å². The summed E-state index contributed by atoms with van der Waals surface area (Å²) in [6.07, 6.45) is 6.15. The molecule has 4 rings (SSSR count). The van der Waals surface area contributed by atoms with Gasteiger partial charge in [-0.25, -0.2) is 9.78 Å². The van der Waals surface area contributed by atoms with Gasteiger partial charge < -0.3 is 14.8 Å². The summed E-state index contributed by atoms with van der Waals surface area (Å²) >= 11 is 0. The largest absolute Gasteiger partial charge is 0.489 e. The van der Waals surface area contributed by atoms with Crippen molar-refractivity contribution >= 4 is 17.7 Å². The van der Waals surface area contributed by atoms with Crippen LogP contribution in [0.5, 0.6) is 5.75 Å². The van der Waals surface area contributed by atoms with Crippen LogP contribution in [-0.4, -0.2) is 42.3 Å². The highest BCUT2D eigenvalue weighted by atomic mass is 16.6. The normalized spacial score (nSPS) is 20.0. The van der Waals surface area contributed by atoms with Crippen LogP contribution in [0, 0.1) is 12.3 Å². The Morgan fingerprint density at radius 1 is 1.37 bits per heavy atom. The summed E-state index contributed by atoms with van der Waals surface area (Å²) in [7, 11) is 0. The lowest BCUT2D eigenvalue weighted by Gasteiger charge is -2.31. The van der Waals surface area contributed by atoms with Crippen molar-refractivity contribution in [1.82, 2.24) is 10.3 Å². The van der Waals surface area contributed by atoms with Gasteiger partial charge in [0.25, 0.3) is 0 Å². The van der Waals surface area contributed by atoms with Crippen LogP contribution in [-0.2, 0) is 9.53 Å². The molecule has 1 fully saturated rings. The number of terminal acetylenes is 1. The second-order valence-corrected chi connectivity index (χ2v) is 6.37. The highest BCUT2D eigenvalue weighted by Crippen LogP contribution is 2.40. The maximum absolute atomic E-state index is 12.4. The van der Waals surface area contributed by atoms with Crippen molar-refractivity contribution in [3.63, 3.8) is 0 Å². The topological polar surface area (TPSA) is 80.8 Å². The molecule has 2 unspecified atom stereocenters. The van der Waals surface area contributed by atoms with E-state index in [1.165, 1.54) is 6.92 Å². The maximum Gasteiger partial charge on any atom is 0.415 e. The van der Waals surface area contributed by atoms with Crippen molar-refractivity contribution in [3.8, 4) is 29.2 Å². The second-order valence-electron chi connectivity index (χ2n) is 6.37. The van der Waals surface area contributed by atoms with Gasteiger partial charge in [-0.3, -0.25) is 9.69 Å². The van der Waals surface area contributed by atoms with Gasteiger partial charge in [-0.2, -0.15) is 0 Å². The molecule has 0 saturated carbocycles. The lowest BCUT2D eigenvalue weighted by molar-refractivity contribution is -0.119. The van der Waals surface area contributed by atoms with E-state index in [9.17, 15) is 9.59 Å². The van der Waals surface area contributed by atoms with E-state index in [0.717, 1.165) is 11.1 Å². The maximum atomic E-state index is 12.4. The van der Waals surface area contributed by atoms with Crippen molar-refractivity contribution < 1.29 is 19.1 Å². The molecule has 2 amide bonds. The predicted octanol–water partition coefficient (Wildman–Crippen LogP) is 1.95. The highest BCUT2D eigenvalue weighted by molar-refractivity contribution is 5.94. The van der Waals surface area contributed by atoms with Gasteiger partial charge in [0.2, 0.25) is 5.91 Å². The van der Waals surface area contributed by atoms with E-state index in [4.69, 9.17) is 15.9 Å². The van der Waals surface area contributed by atoms with Crippen LogP contribution in [0.1, 0.15) is 12.6 Å². The third-order valence-electron chi connectivity index (χ3n) is 4.64. The second kappa shape index (κ2) is 6.65. The molecule has 0 spiro atoms. The van der Waals surface area contributed by atoms with E-state index < -0.39 is 12.2 Å². The predicted molar refractivity (Wildman–Crippen MR) is 98.3 cm³/mol. The summed E-state index contributed by atoms with van der Waals surface area (Å²) in [5.74, 6) is 2.92. The summed E-state index contributed by atoms with van der Waals surface area (Å²) in [4.78, 5) is 29.3. The number of anilines is 1. The minimum absolute atomic E-state index is 0.171. The first-order chi connectivity index (χ1) is 13.1. The molecule has 1 aromatic heterocycles. The van der Waals surface area contributed by atoms with Gasteiger partial charge in [-0.05, 0) is 23.8 Å². The molecule has 1 aromatic carbocycles. The number of amides is 2. The van der Waals surface area contributed by atoms with Crippen LogP contribution >= 0.6 is 0 Å². The van der Waals surface area contributed by atoms with E-state index >= 15 is 0 Å². The molecule has 2 aliphatic rings. The van der Waals surface area contributed by atoms with Gasteiger partial charge in [0.15, 0.2) is 0 Å². The molecule has 0 aliphatic carbocycles. The molecule has 2 aliphatic heterocycles. The summed E-state index contributed by atoms with van der Waals surface area (Å²) < 4.78 is 11.3. The van der Waals surface area contributed by atoms with Gasteiger partial charge in [-0.1, -0.05) is 18.1 Å². The number of nitrogens with zero attached hydrogens (tertiary/aromatic N) is 2. The number of pyridine rings is 1. The third kappa shape index (κ3) is 3.06. The zero-order valence-electron chi connectivity index (χ0n) is 14.6. The SMILES string of the molecule is C#Cc1ccc(-c2ccc3c(c2)OCC2C(CNC(C)=O)OC(=O)N32)cn1. The van der Waals surface area contributed by atoms with Crippen molar-refractivity contribution in [2.75, 3.05) is 18.1 Å². The molecule has 2 aromatic rings. The van der Waals surface area contributed by atoms with Crippen molar-refractivity contribution in [3.05, 3.63) is 42.2 Å². The number of rotatable bonds is 3. The first-order valence-corrected chi connectivity index (χ1v) is 8.51. The molecule has 1 N–H and O–H groups in total. The number of nitrogens with one attached hydrogen (secondary N) is 1. The minimum atomic E-state index is -0.449. The summed E-state index contributed by atoms with van der Waals surface area (Å²) in [5, 5.41) is 2.69. The molecule has 136 valence electrons. The van der Waals surface area contributed by atoms with E-state index in [-0.39, 0.29) is 18.5 Å². The monoisotopic (exact) mass is 363 g/mol. The number of ether oxygens (including phenoxy) is 2. The van der Waals surface area contributed by atoms with Gasteiger partial charge >= 0.3 is 6.09 Å². The molecule has 3 heterocycles. The Morgan fingerprint density at radius 2 is 2.19 bits per heavy atom. The minimum Gasteiger partial charge on any atom is -0.489 e. The highest BCUT2D eigenvalue weighted by Gasteiger charge is 2.46. The van der Waals surface area contributed by atoms with E-state index in [1.54, 1.807) is 17.2 Å². The lowest BCUT2D eigenvalue weighted by Crippen LogP contribution is -2.47. The first kappa shape index (κ1) is 16.9. The van der Waals surface area contributed by atoms with E-state index in [1.807, 2.05) is 24.3 Å². The number of benzene rings is 1. The smallest absolute Gasteiger partial charge is 0.415 e. The zero-order chi connectivity index (χ0) is 19.0. The summed E-state index contributed by atoms with van der Waals surface area (Å²) in [6.45, 7) is 1.97. The Morgan fingerprint density at radius 3 is 2.89 bits per heavy atom. The van der Waals surface area contributed by atoms with E-state index in [2.05, 4.69) is 16.2 Å². The molecule has 2 atom stereocenters. The number of fused-ring (bicyclic) bond motifs is 3. The van der Waals surface area contributed by atoms with Crippen molar-refractivity contribution in [2.24, 2.45) is 0 Å². The number of hydrogen-bond acceptors (Lipinski definition) is 5.